The van der Waals surface area contributed by atoms with Gasteiger partial charge in [-0.1, -0.05) is 121 Å². The van der Waals surface area contributed by atoms with E-state index in [0.29, 0.717) is 0 Å². The molecule has 0 saturated carbocycles. The number of aromatic nitrogens is 2. The summed E-state index contributed by atoms with van der Waals surface area (Å²) in [6.07, 6.45) is 3.54. The van der Waals surface area contributed by atoms with Gasteiger partial charge >= 0.3 is 11.3 Å². The summed E-state index contributed by atoms with van der Waals surface area (Å²) in [4.78, 5) is 8.37. The van der Waals surface area contributed by atoms with Crippen molar-refractivity contribution in [3.63, 3.8) is 0 Å². The fourth-order valence-corrected chi connectivity index (χ4v) is 10.8. The molecule has 2 heterocycles. The third-order valence-corrected chi connectivity index (χ3v) is 13.4. The van der Waals surface area contributed by atoms with Crippen LogP contribution in [-0.4, -0.2) is 9.97 Å². The minimum Gasteiger partial charge on any atom is -0.255 e. The number of rotatable bonds is 7. The molecule has 0 bridgehead atoms. The van der Waals surface area contributed by atoms with Crippen LogP contribution in [0.3, 0.4) is 0 Å². The molecule has 0 saturated heterocycles. The monoisotopic (exact) mass is 912 g/mol. The summed E-state index contributed by atoms with van der Waals surface area (Å²) in [6.45, 7) is 4.50. The van der Waals surface area contributed by atoms with Crippen LogP contribution in [0.2, 0.25) is 0 Å². The van der Waals surface area contributed by atoms with Gasteiger partial charge in [0, 0.05) is 31.9 Å². The molecule has 0 amide bonds. The first-order valence-corrected chi connectivity index (χ1v) is 21.8. The molecule has 0 aliphatic heterocycles. The molecule has 11 heteroatoms. The van der Waals surface area contributed by atoms with Gasteiger partial charge < -0.3 is 0 Å². The van der Waals surface area contributed by atoms with Crippen LogP contribution < -0.4 is 50.5 Å². The van der Waals surface area contributed by atoms with Crippen LogP contribution in [-0.2, 0) is 24.1 Å². The molecule has 0 fully saturated rings. The first kappa shape index (κ1) is 47.3. The fraction of sp³-hybridized carbons (Fsp3) is 0. The van der Waals surface area contributed by atoms with Crippen molar-refractivity contribution in [3.8, 4) is 11.4 Å². The van der Waals surface area contributed by atoms with E-state index in [4.69, 9.17) is 23.3 Å². The van der Waals surface area contributed by atoms with Crippen LogP contribution >= 0.6 is 15.8 Å². The van der Waals surface area contributed by atoms with Crippen LogP contribution in [0.1, 0.15) is 0 Å². The third kappa shape index (κ3) is 16.8. The molecule has 1 radical (unpaired) electrons. The van der Waals surface area contributed by atoms with Crippen LogP contribution in [0, 0.1) is 16.9 Å². The van der Waals surface area contributed by atoms with Gasteiger partial charge in [0.1, 0.15) is 31.8 Å². The van der Waals surface area contributed by atoms with Crippen LogP contribution in [0.4, 0.5) is 0 Å². The zero-order valence-corrected chi connectivity index (χ0v) is 35.5. The Morgan fingerprint density at radius 2 is 0.500 bits per heavy atom. The topological polar surface area (TPSA) is 138 Å². The Morgan fingerprint density at radius 3 is 0.655 bits per heavy atom. The van der Waals surface area contributed by atoms with Gasteiger partial charge in [-0.05, 0) is 97.1 Å². The standard InChI is InChI=1S/2C18H15P.C10H8N2.CO.ClHO4.Rh/c2*1-4-10-16(11-5-1)19(17-12-6-2-7-13-17)18-14-8-3-9-15-18;1-3-7-11-9(5-1)10-6-2-4-8-12-10;1-2;2-1(3,4)5;/h2*1-15H;1-8H;;(H,2,3,4,5);/p+1. The molecular weight excluding hydrogens is 873 g/mol. The number of pyridine rings is 2. The Balaban J connectivity index is 0.000000218. The van der Waals surface area contributed by atoms with Gasteiger partial charge in [0.15, 0.2) is 0 Å². The predicted octanol–water partition coefficient (Wildman–Crippen LogP) is 3.70. The second kappa shape index (κ2) is 26.8. The Hall–Kier alpha value is -5.03. The van der Waals surface area contributed by atoms with Crippen LogP contribution in [0.15, 0.2) is 231 Å². The van der Waals surface area contributed by atoms with Crippen molar-refractivity contribution in [3.05, 3.63) is 237 Å². The van der Waals surface area contributed by atoms with Crippen molar-refractivity contribution in [1.29, 1.82) is 0 Å². The molecule has 293 valence electrons. The largest absolute Gasteiger partial charge is 0.255 e. The molecule has 2 aromatic heterocycles. The second-order valence-electron chi connectivity index (χ2n) is 11.8. The van der Waals surface area contributed by atoms with E-state index < -0.39 is 26.1 Å². The zero-order chi connectivity index (χ0) is 40.6. The van der Waals surface area contributed by atoms with Gasteiger partial charge in [-0.3, -0.25) is 9.97 Å². The minimum absolute atomic E-state index is 0. The van der Waals surface area contributed by atoms with Crippen LogP contribution in [0.25, 0.3) is 11.4 Å². The van der Waals surface area contributed by atoms with E-state index >= 15 is 0 Å². The number of hydrogen-bond donors (Lipinski definition) is 0. The van der Waals surface area contributed by atoms with Gasteiger partial charge in [-0.25, -0.2) is 18.6 Å². The van der Waals surface area contributed by atoms with Crippen molar-refractivity contribution in [1.82, 2.24) is 9.97 Å². The zero-order valence-electron chi connectivity index (χ0n) is 31.1. The molecule has 7 nitrogen and oxygen atoms in total. The normalized spacial score (nSPS) is 10.0. The molecule has 0 unspecified atom stereocenters. The second-order valence-corrected chi connectivity index (χ2v) is 17.5. The van der Waals surface area contributed by atoms with Gasteiger partial charge in [0.25, 0.3) is 0 Å². The maximum atomic E-state index is 8.49. The summed E-state index contributed by atoms with van der Waals surface area (Å²) in [5.74, 6) is 0. The summed E-state index contributed by atoms with van der Waals surface area (Å²) >= 11 is 0. The fourth-order valence-electron chi connectivity index (χ4n) is 5.66. The van der Waals surface area contributed by atoms with Crippen molar-refractivity contribution >= 4 is 47.7 Å². The summed E-state index contributed by atoms with van der Waals surface area (Å²) in [5, 5.41) is 8.61. The number of halogens is 1. The average molecular weight is 913 g/mol. The van der Waals surface area contributed by atoms with Crippen molar-refractivity contribution < 1.29 is 53.0 Å². The van der Waals surface area contributed by atoms with Crippen molar-refractivity contribution in [2.75, 3.05) is 0 Å². The quantitative estimate of drug-likeness (QED) is 0.104. The van der Waals surface area contributed by atoms with Crippen LogP contribution in [0.5, 0.6) is 0 Å². The maximum absolute atomic E-state index is 8.49. The summed E-state index contributed by atoms with van der Waals surface area (Å²) < 4.78 is 41.5. The molecule has 8 aromatic rings. The molecule has 0 atom stereocenters. The van der Waals surface area contributed by atoms with E-state index in [1.807, 2.05) is 36.4 Å². The van der Waals surface area contributed by atoms with E-state index in [9.17, 15) is 0 Å². The predicted molar refractivity (Wildman–Crippen MR) is 224 cm³/mol. The van der Waals surface area contributed by atoms with Gasteiger partial charge in [-0.2, -0.15) is 0 Å². The maximum Gasteiger partial charge on any atom is 0.102 e. The Labute approximate surface area is 357 Å². The summed E-state index contributed by atoms with van der Waals surface area (Å²) in [6, 6.07) is 76.6. The number of nitrogens with zero attached hydrogens (tertiary/aromatic N) is 2. The van der Waals surface area contributed by atoms with Gasteiger partial charge in [0.2, 0.25) is 0 Å². The molecule has 0 aliphatic rings. The molecular formula is C47H40ClN2O5P2Rh+. The molecule has 8 rings (SSSR count). The van der Waals surface area contributed by atoms with Gasteiger partial charge in [-0.15, -0.1) is 10.2 Å². The molecule has 58 heavy (non-hydrogen) atoms. The summed E-state index contributed by atoms with van der Waals surface area (Å²) in [7, 11) is -6.70. The molecule has 0 spiro atoms. The van der Waals surface area contributed by atoms with E-state index in [0.717, 1.165) is 11.4 Å². The SMILES string of the molecule is [C-]#[O+].[O-][Cl+3]([O-])([O-])[O-].[Rh].c1ccc(-c2ccccn2)nc1.c1ccc([PH+](c2ccccc2)c2ccccc2)cc1.c1ccc([PH+](c2ccccc2)c2ccccc2)cc1. The average Bonchev–Trinajstić information content (AvgIpc) is 3.27. The Kier molecular flexibility index (Phi) is 21.9. The van der Waals surface area contributed by atoms with E-state index in [2.05, 4.69) is 199 Å². The van der Waals surface area contributed by atoms with E-state index in [-0.39, 0.29) is 19.5 Å². The first-order chi connectivity index (χ1) is 27.9. The molecule has 0 aliphatic carbocycles. The Bertz CT molecular complexity index is 1900. The smallest absolute Gasteiger partial charge is 0.102 e. The number of benzene rings is 6. The Morgan fingerprint density at radius 1 is 0.328 bits per heavy atom. The third-order valence-electron chi connectivity index (χ3n) is 7.97. The summed E-state index contributed by atoms with van der Waals surface area (Å²) in [5.41, 5.74) is 1.83. The first-order valence-electron chi connectivity index (χ1n) is 17.6. The minimum atomic E-state index is -4.94. The number of hydrogen-bond acceptors (Lipinski definition) is 6. The van der Waals surface area contributed by atoms with E-state index in [1.54, 1.807) is 12.4 Å². The molecule has 0 N–H and O–H groups in total. The van der Waals surface area contributed by atoms with Gasteiger partial charge in [0.05, 0.1) is 27.2 Å². The van der Waals surface area contributed by atoms with Crippen molar-refractivity contribution in [2.24, 2.45) is 0 Å². The van der Waals surface area contributed by atoms with Crippen molar-refractivity contribution in [2.45, 2.75) is 0 Å². The van der Waals surface area contributed by atoms with E-state index in [1.165, 1.54) is 31.8 Å². The molecule has 6 aromatic carbocycles.